The second kappa shape index (κ2) is 16.5. The number of methoxy groups -OCH3 is 1. The van der Waals surface area contributed by atoms with Crippen molar-refractivity contribution in [3.05, 3.63) is 107 Å². The minimum atomic E-state index is -0.454. The lowest BCUT2D eigenvalue weighted by Gasteiger charge is -2.18. The van der Waals surface area contributed by atoms with Gasteiger partial charge in [-0.2, -0.15) is 0 Å². The Morgan fingerprint density at radius 3 is 2.18 bits per heavy atom. The van der Waals surface area contributed by atoms with Gasteiger partial charge in [-0.1, -0.05) is 75.2 Å². The van der Waals surface area contributed by atoms with E-state index in [9.17, 15) is 4.79 Å². The van der Waals surface area contributed by atoms with Gasteiger partial charge in [0, 0.05) is 18.1 Å². The summed E-state index contributed by atoms with van der Waals surface area (Å²) in [6, 6.07) is 26.3. The Kier molecular flexibility index (Phi) is 12.0. The van der Waals surface area contributed by atoms with Gasteiger partial charge in [-0.05, 0) is 54.3 Å². The fourth-order valence-corrected chi connectivity index (χ4v) is 4.63. The first-order valence-corrected chi connectivity index (χ1v) is 14.8. The second-order valence-electron chi connectivity index (χ2n) is 9.88. The fraction of sp³-hybridized carbons (Fsp3) is 0.270. The Labute approximate surface area is 259 Å². The number of hydrogen-bond donors (Lipinski definition) is 0. The van der Waals surface area contributed by atoms with Gasteiger partial charge in [-0.15, -0.1) is 0 Å². The van der Waals surface area contributed by atoms with E-state index in [1.807, 2.05) is 73.7 Å². The van der Waals surface area contributed by atoms with Crippen LogP contribution < -0.4 is 23.7 Å². The van der Waals surface area contributed by atoms with Crippen molar-refractivity contribution in [2.75, 3.05) is 20.3 Å². The molecule has 0 saturated heterocycles. The summed E-state index contributed by atoms with van der Waals surface area (Å²) in [5, 5.41) is 0. The summed E-state index contributed by atoms with van der Waals surface area (Å²) in [4.78, 5) is 12.2. The molecule has 0 saturated carbocycles. The molecular formula is C37H38O7. The van der Waals surface area contributed by atoms with E-state index in [4.69, 9.17) is 34.8 Å². The first-order chi connectivity index (χ1) is 21.6. The number of ether oxygens (including phenoxy) is 6. The molecule has 0 N–H and O–H groups in total. The maximum atomic E-state index is 12.2. The number of carbonyl (C=O) groups is 1. The molecule has 0 aromatic heterocycles. The molecule has 0 fully saturated rings. The predicted octanol–water partition coefficient (Wildman–Crippen LogP) is 8.18. The molecule has 0 radical (unpaired) electrons. The summed E-state index contributed by atoms with van der Waals surface area (Å²) in [5.41, 5.74) is 3.29. The van der Waals surface area contributed by atoms with E-state index in [1.165, 1.54) is 7.11 Å². The summed E-state index contributed by atoms with van der Waals surface area (Å²) >= 11 is 0. The van der Waals surface area contributed by atoms with Gasteiger partial charge in [0.15, 0.2) is 11.5 Å². The number of carbonyl (C=O) groups excluding carboxylic acids is 1. The van der Waals surface area contributed by atoms with Crippen molar-refractivity contribution in [3.8, 4) is 47.0 Å². The Morgan fingerprint density at radius 2 is 1.45 bits per heavy atom. The number of terminal acetylenes is 1. The van der Waals surface area contributed by atoms with Crippen LogP contribution >= 0.6 is 0 Å². The fourth-order valence-electron chi connectivity index (χ4n) is 4.63. The van der Waals surface area contributed by atoms with E-state index in [-0.39, 0.29) is 0 Å². The predicted molar refractivity (Wildman–Crippen MR) is 170 cm³/mol. The maximum absolute atomic E-state index is 12.2. The molecule has 4 aromatic rings. The van der Waals surface area contributed by atoms with Crippen LogP contribution in [0.5, 0.6) is 34.5 Å². The third-order valence-corrected chi connectivity index (χ3v) is 6.82. The Hall–Kier alpha value is -5.09. The van der Waals surface area contributed by atoms with E-state index in [0.29, 0.717) is 60.6 Å². The van der Waals surface area contributed by atoms with Gasteiger partial charge in [-0.25, -0.2) is 4.79 Å². The molecule has 7 nitrogen and oxygen atoms in total. The van der Waals surface area contributed by atoms with Crippen molar-refractivity contribution in [1.29, 1.82) is 0 Å². The average molecular weight is 595 g/mol. The van der Waals surface area contributed by atoms with Crippen molar-refractivity contribution in [1.82, 2.24) is 0 Å². The molecule has 0 unspecified atom stereocenters. The highest BCUT2D eigenvalue weighted by molar-refractivity contribution is 5.92. The van der Waals surface area contributed by atoms with E-state index >= 15 is 0 Å². The molecule has 4 aromatic carbocycles. The lowest BCUT2D eigenvalue weighted by Crippen LogP contribution is -2.08. The molecule has 228 valence electrons. The van der Waals surface area contributed by atoms with Crippen LogP contribution in [0, 0.1) is 12.5 Å². The Bertz CT molecular complexity index is 1560. The van der Waals surface area contributed by atoms with Gasteiger partial charge in [0.1, 0.15) is 41.3 Å². The summed E-state index contributed by atoms with van der Waals surface area (Å²) in [6.07, 6.45) is 10.7. The van der Waals surface area contributed by atoms with Crippen molar-refractivity contribution < 1.29 is 33.2 Å². The lowest BCUT2D eigenvalue weighted by molar-refractivity contribution is 0.0598. The topological polar surface area (TPSA) is 72.5 Å². The summed E-state index contributed by atoms with van der Waals surface area (Å²) < 4.78 is 35.0. The minimum Gasteiger partial charge on any atom is -0.493 e. The minimum absolute atomic E-state index is 0.361. The SMILES string of the molecule is C#COc1cc(CC)c(OCCCOc2cccc(Oc3ccccc3C(=O)OC)c2CCC)cc1OCc1ccccc1. The zero-order valence-corrected chi connectivity index (χ0v) is 25.5. The molecule has 44 heavy (non-hydrogen) atoms. The number of hydrogen-bond acceptors (Lipinski definition) is 7. The maximum Gasteiger partial charge on any atom is 0.341 e. The quantitative estimate of drug-likeness (QED) is 0.0736. The van der Waals surface area contributed by atoms with Crippen LogP contribution in [0.3, 0.4) is 0 Å². The van der Waals surface area contributed by atoms with Crippen LogP contribution in [-0.4, -0.2) is 26.3 Å². The van der Waals surface area contributed by atoms with E-state index in [0.717, 1.165) is 41.7 Å². The van der Waals surface area contributed by atoms with Gasteiger partial charge < -0.3 is 28.4 Å². The molecule has 4 rings (SSSR count). The highest BCUT2D eigenvalue weighted by Crippen LogP contribution is 2.37. The third-order valence-electron chi connectivity index (χ3n) is 6.82. The third kappa shape index (κ3) is 8.48. The number of esters is 1. The van der Waals surface area contributed by atoms with Crippen LogP contribution in [0.4, 0.5) is 0 Å². The number of rotatable bonds is 16. The van der Waals surface area contributed by atoms with Crippen molar-refractivity contribution in [2.45, 2.75) is 46.1 Å². The molecule has 0 bridgehead atoms. The number of aryl methyl sites for hydroxylation is 1. The van der Waals surface area contributed by atoms with Gasteiger partial charge in [0.2, 0.25) is 0 Å². The van der Waals surface area contributed by atoms with Gasteiger partial charge in [-0.3, -0.25) is 0 Å². The molecule has 0 spiro atoms. The smallest absolute Gasteiger partial charge is 0.341 e. The zero-order valence-electron chi connectivity index (χ0n) is 25.5. The molecule has 7 heteroatoms. The van der Waals surface area contributed by atoms with E-state index in [1.54, 1.807) is 18.2 Å². The standard InChI is InChI=1S/C37H38O7/c1-5-15-29-31(20-13-21-32(29)44-33-19-12-11-18-30(33)37(38)39-4)41-22-14-23-42-34-25-36(35(40-7-3)24-28(34)6-2)43-26-27-16-9-8-10-17-27/h3,8-13,16-21,24-25H,5-6,14-15,22-23,26H2,1-2,4H3. The number of para-hydroxylation sites is 1. The monoisotopic (exact) mass is 594 g/mol. The molecule has 0 atom stereocenters. The van der Waals surface area contributed by atoms with Crippen LogP contribution in [0.1, 0.15) is 53.7 Å². The first-order valence-electron chi connectivity index (χ1n) is 14.8. The van der Waals surface area contributed by atoms with Crippen molar-refractivity contribution in [2.24, 2.45) is 0 Å². The first kappa shape index (κ1) is 31.8. The molecule has 0 aliphatic carbocycles. The van der Waals surface area contributed by atoms with Gasteiger partial charge >= 0.3 is 5.97 Å². The van der Waals surface area contributed by atoms with Gasteiger partial charge in [0.25, 0.3) is 0 Å². The Balaban J connectivity index is 1.41. The summed E-state index contributed by atoms with van der Waals surface area (Å²) in [6.45, 7) is 5.39. The average Bonchev–Trinajstić information content (AvgIpc) is 3.06. The summed E-state index contributed by atoms with van der Waals surface area (Å²) in [7, 11) is 1.35. The van der Waals surface area contributed by atoms with Crippen LogP contribution in [0.15, 0.2) is 84.9 Å². The van der Waals surface area contributed by atoms with Crippen LogP contribution in [0.2, 0.25) is 0 Å². The van der Waals surface area contributed by atoms with Crippen LogP contribution in [0.25, 0.3) is 0 Å². The molecular weight excluding hydrogens is 556 g/mol. The molecule has 0 aliphatic rings. The molecule has 0 amide bonds. The summed E-state index contributed by atoms with van der Waals surface area (Å²) in [5.74, 6) is 3.07. The van der Waals surface area contributed by atoms with Crippen molar-refractivity contribution in [3.63, 3.8) is 0 Å². The molecule has 0 heterocycles. The van der Waals surface area contributed by atoms with E-state index < -0.39 is 5.97 Å². The van der Waals surface area contributed by atoms with Gasteiger partial charge in [0.05, 0.1) is 20.3 Å². The largest absolute Gasteiger partial charge is 0.493 e. The van der Waals surface area contributed by atoms with Crippen molar-refractivity contribution >= 4 is 5.97 Å². The highest BCUT2D eigenvalue weighted by atomic mass is 16.5. The van der Waals surface area contributed by atoms with E-state index in [2.05, 4.69) is 13.0 Å². The zero-order chi connectivity index (χ0) is 31.1. The normalized spacial score (nSPS) is 10.4. The van der Waals surface area contributed by atoms with Crippen LogP contribution in [-0.2, 0) is 24.2 Å². The number of benzene rings is 4. The lowest BCUT2D eigenvalue weighted by atomic mass is 10.1. The second-order valence-corrected chi connectivity index (χ2v) is 9.88. The highest BCUT2D eigenvalue weighted by Gasteiger charge is 2.17. The molecule has 0 aliphatic heterocycles. The Morgan fingerprint density at radius 1 is 0.750 bits per heavy atom.